The topological polar surface area (TPSA) is 43.6 Å². The fraction of sp³-hybridized carbons (Fsp3) is 0.0789. The molecule has 0 N–H and O–H groups in total. The van der Waals surface area contributed by atoms with Crippen LogP contribution in [0.3, 0.4) is 0 Å². The summed E-state index contributed by atoms with van der Waals surface area (Å²) in [6.07, 6.45) is 0. The summed E-state index contributed by atoms with van der Waals surface area (Å²) >= 11 is 0. The van der Waals surface area contributed by atoms with Gasteiger partial charge in [-0.25, -0.2) is 15.0 Å². The quantitative estimate of drug-likeness (QED) is 0.225. The summed E-state index contributed by atoms with van der Waals surface area (Å²) in [6.45, 7) is 4.67. The molecule has 4 nitrogen and oxygen atoms in total. The average molecular weight is 539 g/mol. The normalized spacial score (nSPS) is 13.7. The molecule has 0 atom stereocenters. The van der Waals surface area contributed by atoms with Crippen LogP contribution in [0.5, 0.6) is 0 Å². The molecule has 0 fully saturated rings. The Morgan fingerprint density at radius 1 is 0.548 bits per heavy atom. The average Bonchev–Trinajstić information content (AvgIpc) is 3.50. The van der Waals surface area contributed by atoms with Gasteiger partial charge in [-0.05, 0) is 40.5 Å². The summed E-state index contributed by atoms with van der Waals surface area (Å²) in [5.74, 6) is 1.36. The summed E-state index contributed by atoms with van der Waals surface area (Å²) in [7, 11) is 0. The molecule has 5 aromatic carbocycles. The largest absolute Gasteiger partial charge is 0.288 e. The SMILES string of the molecule is CC1(C)c2cccc3c2-c2c1ccc1nc(-c4nc(-c5ccccc5)cc(-c5ccccc5)n4)n(c21)-c1ccccc1-3. The molecule has 0 spiro atoms. The van der Waals surface area contributed by atoms with Crippen molar-refractivity contribution in [2.24, 2.45) is 0 Å². The van der Waals surface area contributed by atoms with Gasteiger partial charge in [0.05, 0.1) is 28.1 Å². The van der Waals surface area contributed by atoms with Gasteiger partial charge in [-0.15, -0.1) is 0 Å². The second kappa shape index (κ2) is 8.34. The van der Waals surface area contributed by atoms with E-state index >= 15 is 0 Å². The molecule has 1 aliphatic carbocycles. The van der Waals surface area contributed by atoms with E-state index in [2.05, 4.69) is 103 Å². The lowest BCUT2D eigenvalue weighted by Crippen LogP contribution is -2.15. The molecule has 198 valence electrons. The van der Waals surface area contributed by atoms with Crippen molar-refractivity contribution in [1.82, 2.24) is 19.5 Å². The Hall–Kier alpha value is -5.35. The zero-order valence-electron chi connectivity index (χ0n) is 23.3. The van der Waals surface area contributed by atoms with E-state index in [0.717, 1.165) is 45.1 Å². The lowest BCUT2D eigenvalue weighted by molar-refractivity contribution is 0.661. The van der Waals surface area contributed by atoms with E-state index in [-0.39, 0.29) is 5.41 Å². The van der Waals surface area contributed by atoms with E-state index in [0.29, 0.717) is 5.82 Å². The molecular weight excluding hydrogens is 512 g/mol. The van der Waals surface area contributed by atoms with E-state index in [1.165, 1.54) is 33.4 Å². The summed E-state index contributed by atoms with van der Waals surface area (Å²) < 4.78 is 2.31. The van der Waals surface area contributed by atoms with Crippen molar-refractivity contribution in [2.45, 2.75) is 19.3 Å². The Morgan fingerprint density at radius 2 is 1.17 bits per heavy atom. The zero-order valence-corrected chi connectivity index (χ0v) is 23.3. The standard InChI is InChI=1S/C38H26N4/c1-38(2)27-18-11-17-26-25-16-9-10-19-32(25)42-35-29(21-20-28(38)34(35)33(26)27)41-37(42)36-39-30(23-12-5-3-6-13-23)22-31(40-36)24-14-7-4-8-15-24/h3-22H,1-2H3. The predicted molar refractivity (Wildman–Crippen MR) is 170 cm³/mol. The molecule has 0 bridgehead atoms. The van der Waals surface area contributed by atoms with Gasteiger partial charge in [0.2, 0.25) is 0 Å². The molecule has 1 aliphatic heterocycles. The third-order valence-corrected chi connectivity index (χ3v) is 8.98. The van der Waals surface area contributed by atoms with Crippen molar-refractivity contribution >= 4 is 11.0 Å². The first kappa shape index (κ1) is 23.4. The van der Waals surface area contributed by atoms with Crippen molar-refractivity contribution in [3.63, 3.8) is 0 Å². The van der Waals surface area contributed by atoms with Crippen LogP contribution in [0.15, 0.2) is 121 Å². The number of para-hydroxylation sites is 1. The van der Waals surface area contributed by atoms with Gasteiger partial charge in [-0.2, -0.15) is 0 Å². The van der Waals surface area contributed by atoms with Crippen LogP contribution >= 0.6 is 0 Å². The van der Waals surface area contributed by atoms with Gasteiger partial charge in [0.25, 0.3) is 0 Å². The second-order valence-electron chi connectivity index (χ2n) is 11.7. The lowest BCUT2D eigenvalue weighted by Gasteiger charge is -2.22. The number of rotatable bonds is 3. The molecule has 0 amide bonds. The van der Waals surface area contributed by atoms with Crippen LogP contribution in [0, 0.1) is 0 Å². The smallest absolute Gasteiger partial charge is 0.197 e. The van der Waals surface area contributed by atoms with Gasteiger partial charge in [-0.1, -0.05) is 117 Å². The first-order valence-corrected chi connectivity index (χ1v) is 14.4. The van der Waals surface area contributed by atoms with E-state index in [4.69, 9.17) is 15.0 Å². The van der Waals surface area contributed by atoms with Crippen LogP contribution in [-0.2, 0) is 5.41 Å². The van der Waals surface area contributed by atoms with Gasteiger partial charge < -0.3 is 0 Å². The molecular formula is C38H26N4. The van der Waals surface area contributed by atoms with E-state index in [1.807, 2.05) is 36.4 Å². The molecule has 7 aromatic rings. The third-order valence-electron chi connectivity index (χ3n) is 8.98. The van der Waals surface area contributed by atoms with Crippen LogP contribution in [0.4, 0.5) is 0 Å². The fourth-order valence-electron chi connectivity index (χ4n) is 6.99. The van der Waals surface area contributed by atoms with Crippen molar-refractivity contribution < 1.29 is 0 Å². The first-order valence-electron chi connectivity index (χ1n) is 14.4. The minimum atomic E-state index is -0.110. The number of fused-ring (bicyclic) bond motifs is 3. The summed E-state index contributed by atoms with van der Waals surface area (Å²) in [5.41, 5.74) is 14.7. The number of hydrogen-bond acceptors (Lipinski definition) is 3. The molecule has 4 heteroatoms. The Bertz CT molecular complexity index is 2150. The lowest BCUT2D eigenvalue weighted by atomic mass is 9.81. The summed E-state index contributed by atoms with van der Waals surface area (Å²) in [4.78, 5) is 15.6. The van der Waals surface area contributed by atoms with Gasteiger partial charge in [0.15, 0.2) is 11.6 Å². The van der Waals surface area contributed by atoms with E-state index in [1.54, 1.807) is 0 Å². The number of aromatic nitrogens is 4. The van der Waals surface area contributed by atoms with Gasteiger partial charge >= 0.3 is 0 Å². The number of imidazole rings is 1. The minimum absolute atomic E-state index is 0.110. The molecule has 2 aliphatic rings. The molecule has 3 heterocycles. The predicted octanol–water partition coefficient (Wildman–Crippen LogP) is 9.10. The molecule has 0 saturated carbocycles. The Labute approximate surface area is 244 Å². The molecule has 0 radical (unpaired) electrons. The van der Waals surface area contributed by atoms with Gasteiger partial charge in [0, 0.05) is 27.7 Å². The van der Waals surface area contributed by atoms with Crippen molar-refractivity contribution in [1.29, 1.82) is 0 Å². The summed E-state index contributed by atoms with van der Waals surface area (Å²) in [5, 5.41) is 0. The molecule has 2 aromatic heterocycles. The van der Waals surface area contributed by atoms with Gasteiger partial charge in [0.1, 0.15) is 0 Å². The fourth-order valence-corrected chi connectivity index (χ4v) is 6.99. The van der Waals surface area contributed by atoms with Crippen LogP contribution in [0.25, 0.3) is 73.1 Å². The highest BCUT2D eigenvalue weighted by Gasteiger charge is 2.41. The van der Waals surface area contributed by atoms with Crippen molar-refractivity contribution in [2.75, 3.05) is 0 Å². The minimum Gasteiger partial charge on any atom is -0.288 e. The van der Waals surface area contributed by atoms with E-state index in [9.17, 15) is 0 Å². The third kappa shape index (κ3) is 3.09. The highest BCUT2D eigenvalue weighted by Crippen LogP contribution is 2.57. The maximum absolute atomic E-state index is 5.29. The Kier molecular flexibility index (Phi) is 4.64. The summed E-state index contributed by atoms with van der Waals surface area (Å²) in [6, 6.07) is 42.6. The van der Waals surface area contributed by atoms with E-state index < -0.39 is 0 Å². The molecule has 0 unspecified atom stereocenters. The van der Waals surface area contributed by atoms with Gasteiger partial charge in [-0.3, -0.25) is 4.57 Å². The van der Waals surface area contributed by atoms with Crippen LogP contribution < -0.4 is 0 Å². The van der Waals surface area contributed by atoms with Crippen LogP contribution in [0.1, 0.15) is 25.0 Å². The molecule has 42 heavy (non-hydrogen) atoms. The second-order valence-corrected chi connectivity index (χ2v) is 11.7. The van der Waals surface area contributed by atoms with Crippen LogP contribution in [-0.4, -0.2) is 19.5 Å². The number of benzene rings is 5. The van der Waals surface area contributed by atoms with Crippen molar-refractivity contribution in [3.8, 4) is 62.1 Å². The monoisotopic (exact) mass is 538 g/mol. The Morgan fingerprint density at radius 3 is 1.88 bits per heavy atom. The molecule has 0 saturated heterocycles. The Balaban J connectivity index is 1.42. The number of nitrogens with zero attached hydrogens (tertiary/aromatic N) is 4. The van der Waals surface area contributed by atoms with Crippen molar-refractivity contribution in [3.05, 3.63) is 132 Å². The molecule has 9 rings (SSSR count). The highest BCUT2D eigenvalue weighted by molar-refractivity contribution is 6.08. The maximum Gasteiger partial charge on any atom is 0.197 e. The number of hydrogen-bond donors (Lipinski definition) is 0. The highest BCUT2D eigenvalue weighted by atomic mass is 15.1. The van der Waals surface area contributed by atoms with Crippen LogP contribution in [0.2, 0.25) is 0 Å². The zero-order chi connectivity index (χ0) is 28.0. The maximum atomic E-state index is 5.29. The first-order chi connectivity index (χ1) is 20.6.